The van der Waals surface area contributed by atoms with Gasteiger partial charge in [-0.2, -0.15) is 4.98 Å². The lowest BCUT2D eigenvalue weighted by Gasteiger charge is -2.36. The Hall–Kier alpha value is -1.55. The molecule has 2 aliphatic heterocycles. The maximum absolute atomic E-state index is 6.03. The Morgan fingerprint density at radius 1 is 0.727 bits per heavy atom. The molecule has 1 aromatic rings. The Morgan fingerprint density at radius 2 is 1.09 bits per heavy atom. The van der Waals surface area contributed by atoms with Gasteiger partial charge in [-0.25, -0.2) is 9.97 Å². The number of rotatable bonds is 2. The van der Waals surface area contributed by atoms with Gasteiger partial charge >= 0.3 is 0 Å². The van der Waals surface area contributed by atoms with E-state index in [0.29, 0.717) is 38.1 Å². The van der Waals surface area contributed by atoms with Crippen molar-refractivity contribution in [2.45, 2.75) is 37.0 Å². The van der Waals surface area contributed by atoms with Crippen LogP contribution in [0.2, 0.25) is 0 Å². The highest BCUT2D eigenvalue weighted by Crippen LogP contribution is 2.19. The van der Waals surface area contributed by atoms with Gasteiger partial charge in [0.1, 0.15) is 6.33 Å². The van der Waals surface area contributed by atoms with Crippen LogP contribution in [0.1, 0.15) is 12.8 Å². The zero-order chi connectivity index (χ0) is 15.7. The monoisotopic (exact) mass is 307 g/mol. The molecule has 9 nitrogen and oxygen atoms in total. The van der Waals surface area contributed by atoms with Crippen LogP contribution < -0.4 is 32.7 Å². The first-order valence-electron chi connectivity index (χ1n) is 7.72. The molecule has 0 spiro atoms. The van der Waals surface area contributed by atoms with Gasteiger partial charge in [0.15, 0.2) is 0 Å². The van der Waals surface area contributed by atoms with Crippen molar-refractivity contribution in [1.29, 1.82) is 0 Å². The smallest absolute Gasteiger partial charge is 0.230 e. The molecule has 9 heteroatoms. The average molecular weight is 307 g/mol. The van der Waals surface area contributed by atoms with Gasteiger partial charge < -0.3 is 32.7 Å². The normalized spacial score (nSPS) is 33.1. The van der Waals surface area contributed by atoms with E-state index >= 15 is 0 Å². The van der Waals surface area contributed by atoms with Gasteiger partial charge in [0.2, 0.25) is 11.9 Å². The van der Waals surface area contributed by atoms with Gasteiger partial charge in [-0.15, -0.1) is 0 Å². The quantitative estimate of drug-likeness (QED) is 0.469. The molecule has 0 amide bonds. The zero-order valence-electron chi connectivity index (χ0n) is 12.7. The van der Waals surface area contributed by atoms with Crippen LogP contribution in [-0.4, -0.2) is 65.3 Å². The first-order chi connectivity index (χ1) is 10.5. The highest BCUT2D eigenvalue weighted by atomic mass is 15.3. The van der Waals surface area contributed by atoms with E-state index < -0.39 is 0 Å². The molecule has 22 heavy (non-hydrogen) atoms. The minimum Gasteiger partial charge on any atom is -0.338 e. The van der Waals surface area contributed by atoms with E-state index in [9.17, 15) is 0 Å². The van der Waals surface area contributed by atoms with Gasteiger partial charge in [0, 0.05) is 50.3 Å². The molecule has 0 aromatic carbocycles. The van der Waals surface area contributed by atoms with Crippen molar-refractivity contribution < 1.29 is 0 Å². The minimum absolute atomic E-state index is 0.0424. The molecular formula is C13H25N9. The van der Waals surface area contributed by atoms with E-state index in [-0.39, 0.29) is 24.2 Å². The number of aromatic nitrogens is 3. The van der Waals surface area contributed by atoms with E-state index in [1.165, 1.54) is 6.33 Å². The molecule has 4 unspecified atom stereocenters. The lowest BCUT2D eigenvalue weighted by Crippen LogP contribution is -2.54. The molecule has 0 bridgehead atoms. The maximum atomic E-state index is 6.03. The molecule has 122 valence electrons. The second kappa shape index (κ2) is 6.29. The summed E-state index contributed by atoms with van der Waals surface area (Å²) in [5.74, 6) is 1.23. The lowest BCUT2D eigenvalue weighted by molar-refractivity contribution is 0.441. The van der Waals surface area contributed by atoms with Gasteiger partial charge in [-0.3, -0.25) is 0 Å². The second-order valence-electron chi connectivity index (χ2n) is 6.41. The lowest BCUT2D eigenvalue weighted by atomic mass is 10.0. The molecule has 3 rings (SSSR count). The summed E-state index contributed by atoms with van der Waals surface area (Å²) in [6, 6.07) is 0.170. The van der Waals surface area contributed by atoms with Crippen molar-refractivity contribution in [1.82, 2.24) is 15.0 Å². The summed E-state index contributed by atoms with van der Waals surface area (Å²) in [6.07, 6.45) is 3.17. The summed E-state index contributed by atoms with van der Waals surface area (Å²) in [7, 11) is 0. The van der Waals surface area contributed by atoms with Crippen LogP contribution in [0, 0.1) is 0 Å². The molecular weight excluding hydrogens is 282 g/mol. The van der Waals surface area contributed by atoms with E-state index in [4.69, 9.17) is 22.9 Å². The zero-order valence-corrected chi connectivity index (χ0v) is 12.7. The standard InChI is InChI=1S/C13H25N9/c14-8-1-9(15)4-21(3-8)12-18-7-19-13(20-12)22-5-10(16)2-11(17)6-22/h7-11H,1-6,14-17H2. The Bertz CT molecular complexity index is 449. The van der Waals surface area contributed by atoms with Crippen molar-refractivity contribution in [2.75, 3.05) is 36.0 Å². The topological polar surface area (TPSA) is 149 Å². The number of piperidine rings is 2. The Kier molecular flexibility index (Phi) is 4.39. The van der Waals surface area contributed by atoms with Crippen LogP contribution in [0.25, 0.3) is 0 Å². The van der Waals surface area contributed by atoms with Crippen LogP contribution in [-0.2, 0) is 0 Å². The molecule has 0 saturated carbocycles. The summed E-state index contributed by atoms with van der Waals surface area (Å²) in [4.78, 5) is 17.1. The van der Waals surface area contributed by atoms with E-state index in [0.717, 1.165) is 12.8 Å². The van der Waals surface area contributed by atoms with Crippen molar-refractivity contribution in [3.05, 3.63) is 6.33 Å². The van der Waals surface area contributed by atoms with Gasteiger partial charge in [-0.05, 0) is 12.8 Å². The predicted octanol–water partition coefficient (Wildman–Crippen LogP) is -2.40. The van der Waals surface area contributed by atoms with Crippen molar-refractivity contribution >= 4 is 11.9 Å². The third-order valence-electron chi connectivity index (χ3n) is 4.14. The summed E-state index contributed by atoms with van der Waals surface area (Å²) in [6.45, 7) is 2.82. The van der Waals surface area contributed by atoms with Crippen LogP contribution in [0.5, 0.6) is 0 Å². The molecule has 0 radical (unpaired) electrons. The highest BCUT2D eigenvalue weighted by molar-refractivity contribution is 5.39. The third-order valence-corrected chi connectivity index (χ3v) is 4.14. The molecule has 8 N–H and O–H groups in total. The van der Waals surface area contributed by atoms with E-state index in [1.807, 2.05) is 9.80 Å². The van der Waals surface area contributed by atoms with Crippen molar-refractivity contribution in [3.63, 3.8) is 0 Å². The van der Waals surface area contributed by atoms with Crippen molar-refractivity contribution in [2.24, 2.45) is 22.9 Å². The molecule has 4 atom stereocenters. The Balaban J connectivity index is 1.77. The molecule has 3 heterocycles. The van der Waals surface area contributed by atoms with Crippen LogP contribution in [0.3, 0.4) is 0 Å². The van der Waals surface area contributed by atoms with E-state index in [1.54, 1.807) is 0 Å². The van der Waals surface area contributed by atoms with Gasteiger partial charge in [-0.1, -0.05) is 0 Å². The number of nitrogens with zero attached hydrogens (tertiary/aromatic N) is 5. The molecule has 1 aromatic heterocycles. The van der Waals surface area contributed by atoms with Gasteiger partial charge in [0.05, 0.1) is 0 Å². The number of nitrogens with two attached hydrogens (primary N) is 4. The van der Waals surface area contributed by atoms with Crippen LogP contribution in [0.15, 0.2) is 6.33 Å². The largest absolute Gasteiger partial charge is 0.338 e. The van der Waals surface area contributed by atoms with Crippen molar-refractivity contribution in [3.8, 4) is 0 Å². The maximum Gasteiger partial charge on any atom is 0.230 e. The fourth-order valence-electron chi connectivity index (χ4n) is 3.27. The SMILES string of the molecule is NC1CC(N)CN(c2ncnc(N3CC(N)CC(N)C3)n2)C1. The molecule has 2 saturated heterocycles. The second-order valence-corrected chi connectivity index (χ2v) is 6.41. The summed E-state index contributed by atoms with van der Waals surface area (Å²) < 4.78 is 0. The molecule has 2 fully saturated rings. The first kappa shape index (κ1) is 15.3. The molecule has 2 aliphatic rings. The average Bonchev–Trinajstić information content (AvgIpc) is 2.45. The third kappa shape index (κ3) is 3.43. The first-order valence-corrected chi connectivity index (χ1v) is 7.72. The summed E-state index contributed by atoms with van der Waals surface area (Å²) >= 11 is 0. The Labute approximate surface area is 130 Å². The summed E-state index contributed by atoms with van der Waals surface area (Å²) in [5.41, 5.74) is 24.1. The van der Waals surface area contributed by atoms with Gasteiger partial charge in [0.25, 0.3) is 0 Å². The number of anilines is 2. The fourth-order valence-corrected chi connectivity index (χ4v) is 3.27. The Morgan fingerprint density at radius 3 is 1.45 bits per heavy atom. The highest BCUT2D eigenvalue weighted by Gasteiger charge is 2.27. The van der Waals surface area contributed by atoms with Crippen LogP contribution >= 0.6 is 0 Å². The molecule has 0 aliphatic carbocycles. The number of hydrogen-bond donors (Lipinski definition) is 4. The predicted molar refractivity (Wildman–Crippen MR) is 85.4 cm³/mol. The summed E-state index contributed by atoms with van der Waals surface area (Å²) in [5, 5.41) is 0. The van der Waals surface area contributed by atoms with Crippen LogP contribution in [0.4, 0.5) is 11.9 Å². The van der Waals surface area contributed by atoms with E-state index in [2.05, 4.69) is 15.0 Å². The number of hydrogen-bond acceptors (Lipinski definition) is 9. The fraction of sp³-hybridized carbons (Fsp3) is 0.769. The minimum atomic E-state index is 0.0424.